The van der Waals surface area contributed by atoms with E-state index in [9.17, 15) is 9.18 Å². The first-order valence-electron chi connectivity index (χ1n) is 6.62. The Balaban J connectivity index is 2.04. The molecular formula is C16H15FN2OS. The Morgan fingerprint density at radius 2 is 1.95 bits per heavy atom. The van der Waals surface area contributed by atoms with Crippen molar-refractivity contribution in [3.8, 4) is 0 Å². The molecule has 0 aliphatic carbocycles. The van der Waals surface area contributed by atoms with Gasteiger partial charge in [0.05, 0.1) is 11.4 Å². The van der Waals surface area contributed by atoms with Crippen molar-refractivity contribution in [2.75, 3.05) is 16.4 Å². The molecular weight excluding hydrogens is 287 g/mol. The molecule has 0 aromatic heterocycles. The topological polar surface area (TPSA) is 46.3 Å². The molecule has 108 valence electrons. The summed E-state index contributed by atoms with van der Waals surface area (Å²) in [5.74, 6) is 0.0918. The largest absolute Gasteiger partial charge is 0.399 e. The van der Waals surface area contributed by atoms with Crippen LogP contribution in [0.4, 0.5) is 15.8 Å². The molecule has 5 heteroatoms. The smallest absolute Gasteiger partial charge is 0.238 e. The summed E-state index contributed by atoms with van der Waals surface area (Å²) in [5.41, 5.74) is 8.50. The summed E-state index contributed by atoms with van der Waals surface area (Å²) >= 11 is 1.54. The normalized spacial score (nSPS) is 18.3. The van der Waals surface area contributed by atoms with Crippen LogP contribution >= 0.6 is 11.8 Å². The summed E-state index contributed by atoms with van der Waals surface area (Å²) in [6.45, 7) is 1.70. The number of benzene rings is 2. The second-order valence-corrected chi connectivity index (χ2v) is 6.05. The summed E-state index contributed by atoms with van der Waals surface area (Å²) in [7, 11) is 0. The van der Waals surface area contributed by atoms with E-state index in [1.165, 1.54) is 6.07 Å². The molecule has 1 atom stereocenters. The third-order valence-corrected chi connectivity index (χ3v) is 4.80. The molecule has 2 aromatic rings. The highest BCUT2D eigenvalue weighted by Gasteiger charge is 2.35. The summed E-state index contributed by atoms with van der Waals surface area (Å²) in [4.78, 5) is 13.9. The highest BCUT2D eigenvalue weighted by atomic mass is 32.2. The third kappa shape index (κ3) is 2.49. The minimum absolute atomic E-state index is 0.00414. The van der Waals surface area contributed by atoms with E-state index < -0.39 is 0 Å². The lowest BCUT2D eigenvalue weighted by Gasteiger charge is -2.26. The zero-order valence-corrected chi connectivity index (χ0v) is 12.4. The zero-order valence-electron chi connectivity index (χ0n) is 11.5. The van der Waals surface area contributed by atoms with E-state index in [2.05, 4.69) is 0 Å². The number of anilines is 2. The summed E-state index contributed by atoms with van der Waals surface area (Å²) in [6, 6.07) is 12.3. The van der Waals surface area contributed by atoms with Crippen LogP contribution in [-0.2, 0) is 4.79 Å². The van der Waals surface area contributed by atoms with Crippen molar-refractivity contribution in [3.63, 3.8) is 0 Å². The number of hydrogen-bond acceptors (Lipinski definition) is 3. The van der Waals surface area contributed by atoms with E-state index >= 15 is 0 Å². The number of hydrogen-bond donors (Lipinski definition) is 1. The van der Waals surface area contributed by atoms with Gasteiger partial charge < -0.3 is 5.73 Å². The lowest BCUT2D eigenvalue weighted by atomic mass is 10.1. The van der Waals surface area contributed by atoms with E-state index in [-0.39, 0.29) is 17.1 Å². The first kappa shape index (κ1) is 13.9. The van der Waals surface area contributed by atoms with Crippen LogP contribution in [0.15, 0.2) is 42.5 Å². The van der Waals surface area contributed by atoms with Crippen molar-refractivity contribution < 1.29 is 9.18 Å². The van der Waals surface area contributed by atoms with Gasteiger partial charge in [-0.05, 0) is 36.8 Å². The molecule has 21 heavy (non-hydrogen) atoms. The fourth-order valence-electron chi connectivity index (χ4n) is 2.45. The van der Waals surface area contributed by atoms with Crippen LogP contribution in [0.5, 0.6) is 0 Å². The fraction of sp³-hybridized carbons (Fsp3) is 0.188. The Morgan fingerprint density at radius 3 is 2.67 bits per heavy atom. The number of rotatable bonds is 2. The summed E-state index contributed by atoms with van der Waals surface area (Å²) in [6.07, 6.45) is 0. The van der Waals surface area contributed by atoms with Crippen LogP contribution in [0.25, 0.3) is 0 Å². The van der Waals surface area contributed by atoms with Gasteiger partial charge in [0.1, 0.15) is 11.2 Å². The number of thioether (sulfide) groups is 1. The van der Waals surface area contributed by atoms with E-state index in [1.54, 1.807) is 35.7 Å². The van der Waals surface area contributed by atoms with Crippen molar-refractivity contribution in [1.29, 1.82) is 0 Å². The van der Waals surface area contributed by atoms with Gasteiger partial charge in [-0.1, -0.05) is 18.2 Å². The van der Waals surface area contributed by atoms with Gasteiger partial charge in [0.2, 0.25) is 5.91 Å². The van der Waals surface area contributed by atoms with Crippen molar-refractivity contribution in [1.82, 2.24) is 0 Å². The number of carbonyl (C=O) groups is 1. The number of carbonyl (C=O) groups excluding carboxylic acids is 1. The van der Waals surface area contributed by atoms with Crippen LogP contribution in [-0.4, -0.2) is 11.7 Å². The minimum Gasteiger partial charge on any atom is -0.399 e. The van der Waals surface area contributed by atoms with Gasteiger partial charge in [-0.2, -0.15) is 0 Å². The van der Waals surface area contributed by atoms with Gasteiger partial charge in [-0.3, -0.25) is 9.69 Å². The van der Waals surface area contributed by atoms with Gasteiger partial charge in [0, 0.05) is 11.3 Å². The van der Waals surface area contributed by atoms with Crippen molar-refractivity contribution in [2.24, 2.45) is 0 Å². The average molecular weight is 302 g/mol. The number of halogens is 1. The molecule has 1 unspecified atom stereocenters. The second kappa shape index (κ2) is 5.41. The maximum Gasteiger partial charge on any atom is 0.238 e. The highest BCUT2D eigenvalue weighted by Crippen LogP contribution is 2.43. The molecule has 0 radical (unpaired) electrons. The van der Waals surface area contributed by atoms with E-state index in [1.807, 2.05) is 24.3 Å². The standard InChI is InChI=1S/C16H15FN2OS/c1-10-13(17)3-2-4-14(10)19-15(20)9-21-16(19)11-5-7-12(18)8-6-11/h2-8,16H,9,18H2,1H3. The molecule has 0 bridgehead atoms. The molecule has 2 N–H and O–H groups in total. The lowest BCUT2D eigenvalue weighted by molar-refractivity contribution is -0.115. The van der Waals surface area contributed by atoms with Gasteiger partial charge in [0.25, 0.3) is 0 Å². The molecule has 1 heterocycles. The highest BCUT2D eigenvalue weighted by molar-refractivity contribution is 8.00. The van der Waals surface area contributed by atoms with Gasteiger partial charge >= 0.3 is 0 Å². The van der Waals surface area contributed by atoms with E-state index in [4.69, 9.17) is 5.73 Å². The predicted molar refractivity (Wildman–Crippen MR) is 84.7 cm³/mol. The minimum atomic E-state index is -0.298. The summed E-state index contributed by atoms with van der Waals surface area (Å²) < 4.78 is 13.8. The molecule has 1 fully saturated rings. The number of nitrogens with zero attached hydrogens (tertiary/aromatic N) is 1. The molecule has 1 aliphatic heterocycles. The molecule has 0 spiro atoms. The first-order valence-corrected chi connectivity index (χ1v) is 7.67. The van der Waals surface area contributed by atoms with Crippen molar-refractivity contribution >= 4 is 29.0 Å². The molecule has 3 rings (SSSR count). The third-order valence-electron chi connectivity index (χ3n) is 3.59. The lowest BCUT2D eigenvalue weighted by Crippen LogP contribution is -2.28. The number of amides is 1. The first-order chi connectivity index (χ1) is 10.1. The van der Waals surface area contributed by atoms with Crippen LogP contribution in [0, 0.1) is 12.7 Å². The Labute approximate surface area is 126 Å². The van der Waals surface area contributed by atoms with Crippen LogP contribution in [0.1, 0.15) is 16.5 Å². The van der Waals surface area contributed by atoms with Crippen LogP contribution in [0.3, 0.4) is 0 Å². The van der Waals surface area contributed by atoms with E-state index in [0.29, 0.717) is 22.7 Å². The Bertz CT molecular complexity index is 687. The molecule has 2 aromatic carbocycles. The second-order valence-electron chi connectivity index (χ2n) is 4.98. The predicted octanol–water partition coefficient (Wildman–Crippen LogP) is 3.49. The van der Waals surface area contributed by atoms with Gasteiger partial charge in [0.15, 0.2) is 0 Å². The van der Waals surface area contributed by atoms with E-state index in [0.717, 1.165) is 5.56 Å². The molecule has 3 nitrogen and oxygen atoms in total. The van der Waals surface area contributed by atoms with Gasteiger partial charge in [-0.15, -0.1) is 11.8 Å². The van der Waals surface area contributed by atoms with Crippen LogP contribution in [0.2, 0.25) is 0 Å². The monoisotopic (exact) mass is 302 g/mol. The van der Waals surface area contributed by atoms with Crippen molar-refractivity contribution in [3.05, 3.63) is 59.4 Å². The van der Waals surface area contributed by atoms with Crippen LogP contribution < -0.4 is 10.6 Å². The molecule has 1 amide bonds. The molecule has 1 saturated heterocycles. The maximum absolute atomic E-state index is 13.8. The quantitative estimate of drug-likeness (QED) is 0.864. The van der Waals surface area contributed by atoms with Crippen molar-refractivity contribution in [2.45, 2.75) is 12.3 Å². The fourth-order valence-corrected chi connectivity index (χ4v) is 3.62. The Morgan fingerprint density at radius 1 is 1.24 bits per heavy atom. The number of nitrogen functional groups attached to an aromatic ring is 1. The number of nitrogens with two attached hydrogens (primary N) is 1. The molecule has 1 aliphatic rings. The molecule has 0 saturated carbocycles. The Hall–Kier alpha value is -2.01. The maximum atomic E-state index is 13.8. The average Bonchev–Trinajstić information content (AvgIpc) is 2.85. The Kier molecular flexibility index (Phi) is 3.59. The SMILES string of the molecule is Cc1c(F)cccc1N1C(=O)CSC1c1ccc(N)cc1. The summed E-state index contributed by atoms with van der Waals surface area (Å²) in [5, 5.41) is -0.140. The zero-order chi connectivity index (χ0) is 15.0. The van der Waals surface area contributed by atoms with Gasteiger partial charge in [-0.25, -0.2) is 4.39 Å².